The maximum absolute atomic E-state index is 12.3. The van der Waals surface area contributed by atoms with E-state index in [9.17, 15) is 13.2 Å². The minimum Gasteiger partial charge on any atom is -0.382 e. The van der Waals surface area contributed by atoms with Gasteiger partial charge in [0.05, 0.1) is 5.69 Å². The standard InChI is InChI=1S/C13H16F3N3O/c1-9-4-3-5-12-17-10(7-19(9)12)6-18(2)8-11(20)13(14,15)16/h3-5,7,11,20H,6,8H2,1-2H3. The summed E-state index contributed by atoms with van der Waals surface area (Å²) in [7, 11) is 1.52. The summed E-state index contributed by atoms with van der Waals surface area (Å²) in [6.07, 6.45) is -5.14. The van der Waals surface area contributed by atoms with E-state index in [1.807, 2.05) is 29.5 Å². The molecule has 1 atom stereocenters. The average molecular weight is 287 g/mol. The lowest BCUT2D eigenvalue weighted by atomic mass is 10.3. The second-order valence-corrected chi connectivity index (χ2v) is 4.88. The molecular formula is C13H16F3N3O. The van der Waals surface area contributed by atoms with Crippen molar-refractivity contribution in [3.63, 3.8) is 0 Å². The van der Waals surface area contributed by atoms with E-state index in [-0.39, 0.29) is 6.54 Å². The van der Waals surface area contributed by atoms with Crippen molar-refractivity contribution in [2.75, 3.05) is 13.6 Å². The lowest BCUT2D eigenvalue weighted by Crippen LogP contribution is -2.39. The molecule has 0 aromatic carbocycles. The Kier molecular flexibility index (Phi) is 4.01. The highest BCUT2D eigenvalue weighted by molar-refractivity contribution is 5.41. The van der Waals surface area contributed by atoms with Crippen LogP contribution in [0.15, 0.2) is 24.4 Å². The number of nitrogens with zero attached hydrogens (tertiary/aromatic N) is 3. The Hall–Kier alpha value is -1.60. The SMILES string of the molecule is Cc1cccc2nc(CN(C)CC(O)C(F)(F)F)cn12. The lowest BCUT2D eigenvalue weighted by molar-refractivity contribution is -0.207. The summed E-state index contributed by atoms with van der Waals surface area (Å²) in [5.41, 5.74) is 2.42. The molecular weight excluding hydrogens is 271 g/mol. The first-order valence-corrected chi connectivity index (χ1v) is 6.14. The Morgan fingerprint density at radius 2 is 2.10 bits per heavy atom. The number of likely N-dealkylation sites (N-methyl/N-ethyl adjacent to an activating group) is 1. The van der Waals surface area contributed by atoms with Crippen LogP contribution in [0.2, 0.25) is 0 Å². The van der Waals surface area contributed by atoms with Crippen molar-refractivity contribution in [3.8, 4) is 0 Å². The Labute approximate surface area is 114 Å². The van der Waals surface area contributed by atoms with Crippen LogP contribution in [0.25, 0.3) is 5.65 Å². The topological polar surface area (TPSA) is 40.8 Å². The number of imidazole rings is 1. The minimum atomic E-state index is -4.59. The molecule has 0 bridgehead atoms. The van der Waals surface area contributed by atoms with Gasteiger partial charge >= 0.3 is 6.18 Å². The third kappa shape index (κ3) is 3.29. The summed E-state index contributed by atoms with van der Waals surface area (Å²) in [6, 6.07) is 5.63. The van der Waals surface area contributed by atoms with Crippen LogP contribution in [0, 0.1) is 6.92 Å². The van der Waals surface area contributed by atoms with E-state index in [1.54, 1.807) is 6.20 Å². The van der Waals surface area contributed by atoms with Crippen LogP contribution in [0.1, 0.15) is 11.4 Å². The molecule has 0 spiro atoms. The van der Waals surface area contributed by atoms with E-state index in [0.717, 1.165) is 11.3 Å². The molecule has 0 radical (unpaired) electrons. The summed E-state index contributed by atoms with van der Waals surface area (Å²) in [5.74, 6) is 0. The fourth-order valence-electron chi connectivity index (χ4n) is 2.01. The molecule has 1 unspecified atom stereocenters. The molecule has 0 aliphatic carbocycles. The van der Waals surface area contributed by atoms with E-state index in [0.29, 0.717) is 5.69 Å². The van der Waals surface area contributed by atoms with Gasteiger partial charge in [0.2, 0.25) is 0 Å². The van der Waals surface area contributed by atoms with E-state index < -0.39 is 18.8 Å². The number of hydrogen-bond acceptors (Lipinski definition) is 3. The second kappa shape index (κ2) is 5.41. The van der Waals surface area contributed by atoms with Crippen molar-refractivity contribution in [3.05, 3.63) is 35.8 Å². The minimum absolute atomic E-state index is 0.244. The number of aryl methyl sites for hydroxylation is 1. The number of hydrogen-bond donors (Lipinski definition) is 1. The van der Waals surface area contributed by atoms with Gasteiger partial charge in [-0.25, -0.2) is 4.98 Å². The van der Waals surface area contributed by atoms with E-state index in [2.05, 4.69) is 4.98 Å². The number of pyridine rings is 1. The maximum Gasteiger partial charge on any atom is 0.415 e. The maximum atomic E-state index is 12.3. The molecule has 0 fully saturated rings. The predicted octanol–water partition coefficient (Wildman–Crippen LogP) is 2.00. The van der Waals surface area contributed by atoms with Crippen LogP contribution in [0.3, 0.4) is 0 Å². The van der Waals surface area contributed by atoms with Gasteiger partial charge in [-0.05, 0) is 26.1 Å². The van der Waals surface area contributed by atoms with Crippen LogP contribution < -0.4 is 0 Å². The fourth-order valence-corrected chi connectivity index (χ4v) is 2.01. The van der Waals surface area contributed by atoms with Gasteiger partial charge in [0.25, 0.3) is 0 Å². The van der Waals surface area contributed by atoms with Crippen LogP contribution in [-0.2, 0) is 6.54 Å². The molecule has 0 amide bonds. The van der Waals surface area contributed by atoms with Gasteiger partial charge in [-0.3, -0.25) is 4.90 Å². The molecule has 0 saturated heterocycles. The molecule has 0 saturated carbocycles. The van der Waals surface area contributed by atoms with Crippen molar-refractivity contribution >= 4 is 5.65 Å². The number of aliphatic hydroxyl groups is 1. The van der Waals surface area contributed by atoms with Crippen molar-refractivity contribution in [1.29, 1.82) is 0 Å². The van der Waals surface area contributed by atoms with Gasteiger partial charge in [0, 0.05) is 25.0 Å². The number of rotatable bonds is 4. The zero-order valence-corrected chi connectivity index (χ0v) is 11.2. The van der Waals surface area contributed by atoms with Gasteiger partial charge in [-0.2, -0.15) is 13.2 Å². The van der Waals surface area contributed by atoms with Crippen molar-refractivity contribution in [2.24, 2.45) is 0 Å². The monoisotopic (exact) mass is 287 g/mol. The number of fused-ring (bicyclic) bond motifs is 1. The van der Waals surface area contributed by atoms with Crippen molar-refractivity contribution < 1.29 is 18.3 Å². The summed E-state index contributed by atoms with van der Waals surface area (Å²) in [5, 5.41) is 9.03. The molecule has 20 heavy (non-hydrogen) atoms. The van der Waals surface area contributed by atoms with Crippen LogP contribution in [-0.4, -0.2) is 45.3 Å². The van der Waals surface area contributed by atoms with Crippen LogP contribution in [0.5, 0.6) is 0 Å². The Bertz CT molecular complexity index is 594. The molecule has 2 aromatic rings. The summed E-state index contributed by atoms with van der Waals surface area (Å²) < 4.78 is 38.7. The first-order valence-electron chi connectivity index (χ1n) is 6.14. The van der Waals surface area contributed by atoms with Crippen molar-refractivity contribution in [1.82, 2.24) is 14.3 Å². The summed E-state index contributed by atoms with van der Waals surface area (Å²) in [4.78, 5) is 5.74. The smallest absolute Gasteiger partial charge is 0.382 e. The molecule has 2 aromatic heterocycles. The molecule has 2 heterocycles. The van der Waals surface area contributed by atoms with E-state index >= 15 is 0 Å². The first kappa shape index (κ1) is 14.8. The normalized spacial score (nSPS) is 14.2. The molecule has 2 rings (SSSR count). The third-order valence-corrected chi connectivity index (χ3v) is 3.04. The van der Waals surface area contributed by atoms with Crippen molar-refractivity contribution in [2.45, 2.75) is 25.7 Å². The van der Waals surface area contributed by atoms with Crippen LogP contribution >= 0.6 is 0 Å². The van der Waals surface area contributed by atoms with E-state index in [4.69, 9.17) is 5.11 Å². The predicted molar refractivity (Wildman–Crippen MR) is 68.3 cm³/mol. The van der Waals surface area contributed by atoms with Gasteiger partial charge in [0.1, 0.15) is 5.65 Å². The summed E-state index contributed by atoms with van der Waals surface area (Å²) in [6.45, 7) is 1.69. The fraction of sp³-hybridized carbons (Fsp3) is 0.462. The highest BCUT2D eigenvalue weighted by Crippen LogP contribution is 2.21. The first-order chi connectivity index (χ1) is 9.27. The quantitative estimate of drug-likeness (QED) is 0.935. The number of halogens is 3. The average Bonchev–Trinajstić information content (AvgIpc) is 2.71. The lowest BCUT2D eigenvalue weighted by Gasteiger charge is -2.21. The zero-order valence-electron chi connectivity index (χ0n) is 11.2. The number of aromatic nitrogens is 2. The molecule has 7 heteroatoms. The van der Waals surface area contributed by atoms with Crippen LogP contribution in [0.4, 0.5) is 13.2 Å². The number of alkyl halides is 3. The molecule has 1 N–H and O–H groups in total. The Morgan fingerprint density at radius 1 is 1.40 bits per heavy atom. The zero-order chi connectivity index (χ0) is 14.9. The van der Waals surface area contributed by atoms with Gasteiger partial charge < -0.3 is 9.51 Å². The largest absolute Gasteiger partial charge is 0.415 e. The second-order valence-electron chi connectivity index (χ2n) is 4.88. The van der Waals surface area contributed by atoms with E-state index in [1.165, 1.54) is 11.9 Å². The number of aliphatic hydroxyl groups excluding tert-OH is 1. The molecule has 0 aliphatic rings. The summed E-state index contributed by atoms with van der Waals surface area (Å²) >= 11 is 0. The van der Waals surface area contributed by atoms with Gasteiger partial charge in [0.15, 0.2) is 6.10 Å². The Balaban J connectivity index is 2.06. The molecule has 4 nitrogen and oxygen atoms in total. The van der Waals surface area contributed by atoms with Gasteiger partial charge in [-0.15, -0.1) is 0 Å². The highest BCUT2D eigenvalue weighted by Gasteiger charge is 2.38. The highest BCUT2D eigenvalue weighted by atomic mass is 19.4. The molecule has 0 aliphatic heterocycles. The third-order valence-electron chi connectivity index (χ3n) is 3.04. The molecule has 110 valence electrons. The Morgan fingerprint density at radius 3 is 2.70 bits per heavy atom. The van der Waals surface area contributed by atoms with Gasteiger partial charge in [-0.1, -0.05) is 6.07 Å².